The molecule has 0 bridgehead atoms. The van der Waals surface area contributed by atoms with Crippen molar-refractivity contribution in [2.45, 2.75) is 38.8 Å². The number of aliphatic hydroxyl groups is 1. The van der Waals surface area contributed by atoms with Crippen LogP contribution in [0, 0.1) is 5.92 Å². The quantitative estimate of drug-likeness (QED) is 0.742. The van der Waals surface area contributed by atoms with Crippen LogP contribution in [0.3, 0.4) is 0 Å². The predicted molar refractivity (Wildman–Crippen MR) is 88.4 cm³/mol. The summed E-state index contributed by atoms with van der Waals surface area (Å²) in [6.45, 7) is 3.85. The zero-order chi connectivity index (χ0) is 16.2. The first kappa shape index (κ1) is 16.1. The molecule has 1 aliphatic carbocycles. The molecule has 7 heteroatoms. The molecular weight excluding hydrogens is 294 g/mol. The van der Waals surface area contributed by atoms with Gasteiger partial charge in [0.1, 0.15) is 6.33 Å². The van der Waals surface area contributed by atoms with Crippen LogP contribution in [0.4, 0.5) is 5.82 Å². The van der Waals surface area contributed by atoms with Gasteiger partial charge < -0.3 is 19.3 Å². The lowest BCUT2D eigenvalue weighted by atomic mass is 9.80. The first-order valence-corrected chi connectivity index (χ1v) is 8.29. The summed E-state index contributed by atoms with van der Waals surface area (Å²) in [4.78, 5) is 15.6. The molecule has 2 aromatic rings. The molecule has 23 heavy (non-hydrogen) atoms. The van der Waals surface area contributed by atoms with E-state index in [1.807, 2.05) is 4.57 Å². The molecule has 0 radical (unpaired) electrons. The fraction of sp³-hybridized carbons (Fsp3) is 0.688. The van der Waals surface area contributed by atoms with E-state index in [-0.39, 0.29) is 6.61 Å². The second kappa shape index (κ2) is 7.23. The van der Waals surface area contributed by atoms with E-state index in [9.17, 15) is 0 Å². The Morgan fingerprint density at radius 1 is 1.35 bits per heavy atom. The Hall–Kier alpha value is -1.73. The summed E-state index contributed by atoms with van der Waals surface area (Å²) >= 11 is 0. The molecule has 1 atom stereocenters. The van der Waals surface area contributed by atoms with E-state index >= 15 is 0 Å². The smallest absolute Gasteiger partial charge is 0.165 e. The lowest BCUT2D eigenvalue weighted by Gasteiger charge is -2.37. The fourth-order valence-corrected chi connectivity index (χ4v) is 3.05. The van der Waals surface area contributed by atoms with E-state index in [1.54, 1.807) is 12.7 Å². The number of aromatic nitrogens is 4. The third-order valence-electron chi connectivity index (χ3n) is 4.87. The van der Waals surface area contributed by atoms with Gasteiger partial charge >= 0.3 is 0 Å². The van der Waals surface area contributed by atoms with E-state index in [4.69, 9.17) is 9.84 Å². The van der Waals surface area contributed by atoms with E-state index in [1.165, 1.54) is 19.3 Å². The Balaban J connectivity index is 1.77. The van der Waals surface area contributed by atoms with Gasteiger partial charge in [0.25, 0.3) is 0 Å². The predicted octanol–water partition coefficient (Wildman–Crippen LogP) is 1.46. The monoisotopic (exact) mass is 319 g/mol. The maximum atomic E-state index is 8.74. The normalized spacial score (nSPS) is 16.5. The summed E-state index contributed by atoms with van der Waals surface area (Å²) in [6, 6.07) is 0.458. The molecule has 1 aliphatic rings. The van der Waals surface area contributed by atoms with Crippen molar-refractivity contribution in [2.24, 2.45) is 5.92 Å². The summed E-state index contributed by atoms with van der Waals surface area (Å²) < 4.78 is 7.29. The molecule has 126 valence electrons. The second-order valence-corrected chi connectivity index (χ2v) is 6.19. The van der Waals surface area contributed by atoms with Crippen molar-refractivity contribution >= 4 is 17.0 Å². The van der Waals surface area contributed by atoms with Crippen LogP contribution >= 0.6 is 0 Å². The number of nitrogens with zero attached hydrogens (tertiary/aromatic N) is 5. The van der Waals surface area contributed by atoms with E-state index in [2.05, 4.69) is 33.8 Å². The van der Waals surface area contributed by atoms with Crippen molar-refractivity contribution in [1.29, 1.82) is 0 Å². The molecule has 0 aliphatic heterocycles. The number of fused-ring (bicyclic) bond motifs is 1. The lowest BCUT2D eigenvalue weighted by molar-refractivity contribution is 0.0874. The lowest BCUT2D eigenvalue weighted by Crippen LogP contribution is -2.39. The highest BCUT2D eigenvalue weighted by Crippen LogP contribution is 2.34. The van der Waals surface area contributed by atoms with Crippen LogP contribution < -0.4 is 4.90 Å². The summed E-state index contributed by atoms with van der Waals surface area (Å²) in [7, 11) is 2.09. The van der Waals surface area contributed by atoms with Crippen LogP contribution in [0.25, 0.3) is 11.2 Å². The summed E-state index contributed by atoms with van der Waals surface area (Å²) in [6.07, 6.45) is 7.33. The Bertz CT molecular complexity index is 640. The van der Waals surface area contributed by atoms with E-state index in [0.29, 0.717) is 25.8 Å². The van der Waals surface area contributed by atoms with Crippen LogP contribution in [0.5, 0.6) is 0 Å². The van der Waals surface area contributed by atoms with Crippen LogP contribution in [0.1, 0.15) is 26.2 Å². The topological polar surface area (TPSA) is 76.3 Å². The number of aliphatic hydroxyl groups excluding tert-OH is 1. The van der Waals surface area contributed by atoms with Crippen molar-refractivity contribution in [1.82, 2.24) is 19.5 Å². The number of imidazole rings is 1. The number of rotatable bonds is 8. The van der Waals surface area contributed by atoms with Gasteiger partial charge in [-0.1, -0.05) is 6.42 Å². The number of hydrogen-bond acceptors (Lipinski definition) is 6. The van der Waals surface area contributed by atoms with Crippen LogP contribution in [0.2, 0.25) is 0 Å². The maximum Gasteiger partial charge on any atom is 0.165 e. The minimum absolute atomic E-state index is 0.0425. The zero-order valence-electron chi connectivity index (χ0n) is 13.9. The molecular formula is C16H25N5O2. The molecule has 1 fully saturated rings. The summed E-state index contributed by atoms with van der Waals surface area (Å²) in [5.41, 5.74) is 1.67. The molecule has 7 nitrogen and oxygen atoms in total. The average Bonchev–Trinajstić information content (AvgIpc) is 2.92. The average molecular weight is 319 g/mol. The Labute approximate surface area is 136 Å². The number of hydrogen-bond donors (Lipinski definition) is 1. The van der Waals surface area contributed by atoms with Gasteiger partial charge in [-0.05, 0) is 25.7 Å². The van der Waals surface area contributed by atoms with Gasteiger partial charge in [-0.15, -0.1) is 0 Å². The van der Waals surface area contributed by atoms with E-state index in [0.717, 1.165) is 22.9 Å². The van der Waals surface area contributed by atoms with Crippen LogP contribution in [-0.2, 0) is 11.3 Å². The van der Waals surface area contributed by atoms with Gasteiger partial charge in [-0.2, -0.15) is 0 Å². The van der Waals surface area contributed by atoms with Crippen molar-refractivity contribution in [3.63, 3.8) is 0 Å². The van der Waals surface area contributed by atoms with Crippen molar-refractivity contribution in [3.05, 3.63) is 12.7 Å². The second-order valence-electron chi connectivity index (χ2n) is 6.19. The Morgan fingerprint density at radius 3 is 2.87 bits per heavy atom. The third-order valence-corrected chi connectivity index (χ3v) is 4.87. The molecule has 0 spiro atoms. The highest BCUT2D eigenvalue weighted by Gasteiger charge is 2.28. The standard InChI is InChI=1S/C16H25N5O2/c1-12(13-4-3-5-13)20(2)15-14-16(18-10-17-15)21(11-19-14)6-8-23-9-7-22/h10-13,22H,3-9H2,1-2H3. The van der Waals surface area contributed by atoms with Gasteiger partial charge in [0.2, 0.25) is 0 Å². The minimum Gasteiger partial charge on any atom is -0.394 e. The molecule has 2 aromatic heterocycles. The SMILES string of the molecule is CC(C1CCC1)N(C)c1ncnc2c1ncn2CCOCCO. The van der Waals surface area contributed by atoms with Crippen molar-refractivity contribution in [2.75, 3.05) is 31.8 Å². The molecule has 0 saturated heterocycles. The number of ether oxygens (including phenoxy) is 1. The first-order chi connectivity index (χ1) is 11.2. The molecule has 1 saturated carbocycles. The third kappa shape index (κ3) is 3.30. The Morgan fingerprint density at radius 2 is 2.17 bits per heavy atom. The summed E-state index contributed by atoms with van der Waals surface area (Å²) in [5, 5.41) is 8.74. The summed E-state index contributed by atoms with van der Waals surface area (Å²) in [5.74, 6) is 1.64. The van der Waals surface area contributed by atoms with Gasteiger partial charge in [-0.3, -0.25) is 0 Å². The van der Waals surface area contributed by atoms with Crippen LogP contribution in [0.15, 0.2) is 12.7 Å². The number of anilines is 1. The highest BCUT2D eigenvalue weighted by atomic mass is 16.5. The zero-order valence-corrected chi connectivity index (χ0v) is 13.9. The van der Waals surface area contributed by atoms with Gasteiger partial charge in [0.15, 0.2) is 17.0 Å². The van der Waals surface area contributed by atoms with Gasteiger partial charge in [0, 0.05) is 19.6 Å². The molecule has 1 N–H and O–H groups in total. The molecule has 0 amide bonds. The largest absolute Gasteiger partial charge is 0.394 e. The van der Waals surface area contributed by atoms with Crippen molar-refractivity contribution in [3.8, 4) is 0 Å². The highest BCUT2D eigenvalue weighted by molar-refractivity contribution is 5.83. The molecule has 0 aromatic carbocycles. The molecule has 1 unspecified atom stereocenters. The van der Waals surface area contributed by atoms with Crippen molar-refractivity contribution < 1.29 is 9.84 Å². The van der Waals surface area contributed by atoms with E-state index < -0.39 is 0 Å². The fourth-order valence-electron chi connectivity index (χ4n) is 3.05. The molecule has 2 heterocycles. The van der Waals surface area contributed by atoms with Gasteiger partial charge in [0.05, 0.1) is 26.1 Å². The minimum atomic E-state index is 0.0425. The van der Waals surface area contributed by atoms with Crippen LogP contribution in [-0.4, -0.2) is 57.5 Å². The Kier molecular flexibility index (Phi) is 5.07. The van der Waals surface area contributed by atoms with Gasteiger partial charge in [-0.25, -0.2) is 15.0 Å². The maximum absolute atomic E-state index is 8.74. The molecule has 3 rings (SSSR count). The first-order valence-electron chi connectivity index (χ1n) is 8.29.